The normalized spacial score (nSPS) is 12.2. The molecule has 0 heterocycles. The molecule has 0 unspecified atom stereocenters. The fourth-order valence-electron chi connectivity index (χ4n) is 3.71. The fourth-order valence-corrected chi connectivity index (χ4v) is 3.71. The zero-order chi connectivity index (χ0) is 30.9. The first-order chi connectivity index (χ1) is 20.1. The van der Waals surface area contributed by atoms with Gasteiger partial charge in [-0.1, -0.05) is 44.2 Å². The minimum absolute atomic E-state index is 0.0220. The number of hydrogen-bond donors (Lipinski definition) is 3. The fraction of sp³-hybridized carbons (Fsp3) is 0.387. The molecule has 3 N–H and O–H groups in total. The lowest BCUT2D eigenvalue weighted by Crippen LogP contribution is -2.55. The number of nitrogens with one attached hydrogen (secondary N) is 3. The first-order valence-corrected chi connectivity index (χ1v) is 13.8. The molecular formula is C31H39N3O8. The minimum Gasteiger partial charge on any atom is -0.466 e. The zero-order valence-corrected chi connectivity index (χ0v) is 24.4. The van der Waals surface area contributed by atoms with Crippen LogP contribution in [0.15, 0.2) is 60.7 Å². The first-order valence-electron chi connectivity index (χ1n) is 13.8. The van der Waals surface area contributed by atoms with Crippen molar-refractivity contribution < 1.29 is 38.2 Å². The van der Waals surface area contributed by atoms with Gasteiger partial charge in [0.1, 0.15) is 23.6 Å². The van der Waals surface area contributed by atoms with Crippen molar-refractivity contribution in [2.24, 2.45) is 5.92 Å². The van der Waals surface area contributed by atoms with Crippen molar-refractivity contribution in [2.75, 3.05) is 19.8 Å². The van der Waals surface area contributed by atoms with E-state index in [9.17, 15) is 24.0 Å². The summed E-state index contributed by atoms with van der Waals surface area (Å²) >= 11 is 0. The lowest BCUT2D eigenvalue weighted by atomic mass is 10.0. The van der Waals surface area contributed by atoms with Gasteiger partial charge in [0.2, 0.25) is 17.7 Å². The number of carbonyl (C=O) groups is 5. The van der Waals surface area contributed by atoms with E-state index in [4.69, 9.17) is 14.2 Å². The molecule has 11 heteroatoms. The molecule has 2 aromatic rings. The van der Waals surface area contributed by atoms with E-state index in [1.165, 1.54) is 6.08 Å². The van der Waals surface area contributed by atoms with Crippen molar-refractivity contribution in [2.45, 2.75) is 52.6 Å². The second kappa shape index (κ2) is 17.9. The van der Waals surface area contributed by atoms with Crippen LogP contribution in [-0.4, -0.2) is 61.5 Å². The van der Waals surface area contributed by atoms with Crippen molar-refractivity contribution in [3.63, 3.8) is 0 Å². The van der Waals surface area contributed by atoms with Crippen LogP contribution in [0, 0.1) is 5.92 Å². The van der Waals surface area contributed by atoms with Gasteiger partial charge in [0.15, 0.2) is 0 Å². The molecule has 0 aliphatic carbocycles. The van der Waals surface area contributed by atoms with Gasteiger partial charge in [-0.2, -0.15) is 0 Å². The van der Waals surface area contributed by atoms with E-state index < -0.39 is 41.7 Å². The SMILES string of the molecule is CCOC(=O)CC[C@@H](NC(=O)[C@@H](NC(=O)CNC(=O)/C=C/c1cccc(Oc2ccccc2)c1)C(C)C)C(=O)OCC. The molecule has 0 spiro atoms. The average Bonchev–Trinajstić information content (AvgIpc) is 2.96. The quantitative estimate of drug-likeness (QED) is 0.202. The van der Waals surface area contributed by atoms with Crippen LogP contribution in [0.25, 0.3) is 6.08 Å². The molecule has 3 amide bonds. The molecule has 2 atom stereocenters. The summed E-state index contributed by atoms with van der Waals surface area (Å²) in [5.41, 5.74) is 0.721. The Hall–Kier alpha value is -4.67. The van der Waals surface area contributed by atoms with Crippen LogP contribution < -0.4 is 20.7 Å². The van der Waals surface area contributed by atoms with Gasteiger partial charge in [0, 0.05) is 12.5 Å². The lowest BCUT2D eigenvalue weighted by Gasteiger charge is -2.24. The molecule has 0 aliphatic heterocycles. The van der Waals surface area contributed by atoms with E-state index in [-0.39, 0.29) is 38.5 Å². The predicted octanol–water partition coefficient (Wildman–Crippen LogP) is 3.14. The second-order valence-corrected chi connectivity index (χ2v) is 9.48. The van der Waals surface area contributed by atoms with Gasteiger partial charge in [-0.3, -0.25) is 19.2 Å². The molecule has 42 heavy (non-hydrogen) atoms. The number of amides is 3. The van der Waals surface area contributed by atoms with Crippen LogP contribution in [0.2, 0.25) is 0 Å². The summed E-state index contributed by atoms with van der Waals surface area (Å²) in [6, 6.07) is 14.4. The Morgan fingerprint density at radius 1 is 0.857 bits per heavy atom. The van der Waals surface area contributed by atoms with Crippen LogP contribution in [0.3, 0.4) is 0 Å². The summed E-state index contributed by atoms with van der Waals surface area (Å²) in [5, 5.41) is 7.64. The molecule has 226 valence electrons. The number of esters is 2. The summed E-state index contributed by atoms with van der Waals surface area (Å²) in [6.45, 7) is 6.65. The van der Waals surface area contributed by atoms with Crippen LogP contribution in [0.4, 0.5) is 0 Å². The zero-order valence-electron chi connectivity index (χ0n) is 24.4. The summed E-state index contributed by atoms with van der Waals surface area (Å²) < 4.78 is 15.7. The summed E-state index contributed by atoms with van der Waals surface area (Å²) in [5.74, 6) is -1.98. The maximum atomic E-state index is 13.0. The highest BCUT2D eigenvalue weighted by molar-refractivity contribution is 5.96. The third kappa shape index (κ3) is 12.2. The van der Waals surface area contributed by atoms with E-state index in [0.717, 1.165) is 5.56 Å². The van der Waals surface area contributed by atoms with E-state index in [0.29, 0.717) is 11.5 Å². The third-order valence-electron chi connectivity index (χ3n) is 5.78. The highest BCUT2D eigenvalue weighted by Crippen LogP contribution is 2.22. The Labute approximate surface area is 246 Å². The molecule has 0 bridgehead atoms. The Kier molecular flexibility index (Phi) is 14.3. The second-order valence-electron chi connectivity index (χ2n) is 9.48. The Balaban J connectivity index is 1.91. The summed E-state index contributed by atoms with van der Waals surface area (Å²) in [6.07, 6.45) is 2.75. The standard InChI is InChI=1S/C31H39N3O8/c1-5-40-28(37)18-16-25(31(39)41-6-2)33-30(38)29(21(3)4)34-27(36)20-32-26(35)17-15-22-11-10-14-24(19-22)42-23-12-8-7-9-13-23/h7-15,17,19,21,25,29H,5-6,16,18,20H2,1-4H3,(H,32,35)(H,33,38)(H,34,36)/b17-15+/t25-,29+/m1/s1. The smallest absolute Gasteiger partial charge is 0.328 e. The van der Waals surface area contributed by atoms with Crippen molar-refractivity contribution in [3.05, 3.63) is 66.2 Å². The Bertz CT molecular complexity index is 1230. The highest BCUT2D eigenvalue weighted by Gasteiger charge is 2.30. The van der Waals surface area contributed by atoms with Crippen molar-refractivity contribution in [3.8, 4) is 11.5 Å². The van der Waals surface area contributed by atoms with Gasteiger partial charge >= 0.3 is 11.9 Å². The van der Waals surface area contributed by atoms with Gasteiger partial charge in [-0.25, -0.2) is 4.79 Å². The molecule has 0 aliphatic rings. The third-order valence-corrected chi connectivity index (χ3v) is 5.78. The van der Waals surface area contributed by atoms with E-state index in [1.807, 2.05) is 30.3 Å². The predicted molar refractivity (Wildman–Crippen MR) is 156 cm³/mol. The molecule has 11 nitrogen and oxygen atoms in total. The van der Waals surface area contributed by atoms with E-state index in [1.54, 1.807) is 58.0 Å². The van der Waals surface area contributed by atoms with Gasteiger partial charge in [0.05, 0.1) is 19.8 Å². The van der Waals surface area contributed by atoms with Gasteiger partial charge in [0.25, 0.3) is 0 Å². The number of benzene rings is 2. The highest BCUT2D eigenvalue weighted by atomic mass is 16.5. The lowest BCUT2D eigenvalue weighted by molar-refractivity contribution is -0.149. The van der Waals surface area contributed by atoms with E-state index >= 15 is 0 Å². The van der Waals surface area contributed by atoms with Crippen molar-refractivity contribution in [1.29, 1.82) is 0 Å². The largest absolute Gasteiger partial charge is 0.466 e. The molecule has 0 radical (unpaired) electrons. The first kappa shape index (κ1) is 33.5. The summed E-state index contributed by atoms with van der Waals surface area (Å²) in [4.78, 5) is 62.0. The van der Waals surface area contributed by atoms with Crippen LogP contribution in [0.5, 0.6) is 11.5 Å². The maximum Gasteiger partial charge on any atom is 0.328 e. The molecule has 0 saturated heterocycles. The minimum atomic E-state index is -1.10. The van der Waals surface area contributed by atoms with Gasteiger partial charge in [-0.05, 0) is 62.1 Å². The van der Waals surface area contributed by atoms with Crippen molar-refractivity contribution in [1.82, 2.24) is 16.0 Å². The number of ether oxygens (including phenoxy) is 3. The Morgan fingerprint density at radius 3 is 2.21 bits per heavy atom. The maximum absolute atomic E-state index is 13.0. The van der Waals surface area contributed by atoms with E-state index in [2.05, 4.69) is 16.0 Å². The molecule has 0 fully saturated rings. The van der Waals surface area contributed by atoms with Crippen LogP contribution in [0.1, 0.15) is 46.1 Å². The number of rotatable bonds is 16. The monoisotopic (exact) mass is 581 g/mol. The molecule has 0 aromatic heterocycles. The number of hydrogen-bond acceptors (Lipinski definition) is 8. The molecular weight excluding hydrogens is 542 g/mol. The molecule has 0 saturated carbocycles. The number of para-hydroxylation sites is 1. The number of carbonyl (C=O) groups excluding carboxylic acids is 5. The molecule has 2 aromatic carbocycles. The Morgan fingerprint density at radius 2 is 1.55 bits per heavy atom. The van der Waals surface area contributed by atoms with Crippen molar-refractivity contribution >= 4 is 35.7 Å². The molecule has 2 rings (SSSR count). The van der Waals surface area contributed by atoms with Crippen LogP contribution >= 0.6 is 0 Å². The van der Waals surface area contributed by atoms with Crippen LogP contribution in [-0.2, 0) is 33.4 Å². The topological polar surface area (TPSA) is 149 Å². The van der Waals surface area contributed by atoms with Gasteiger partial charge in [-0.15, -0.1) is 0 Å². The summed E-state index contributed by atoms with van der Waals surface area (Å²) in [7, 11) is 0. The van der Waals surface area contributed by atoms with Gasteiger partial charge < -0.3 is 30.2 Å². The average molecular weight is 582 g/mol.